The van der Waals surface area contributed by atoms with Gasteiger partial charge in [-0.1, -0.05) is 18.1 Å². The summed E-state index contributed by atoms with van der Waals surface area (Å²) in [5, 5.41) is 35.3. The van der Waals surface area contributed by atoms with Crippen LogP contribution in [0.4, 0.5) is 16.3 Å². The number of aliphatic hydroxyl groups is 2. The van der Waals surface area contributed by atoms with E-state index in [4.69, 9.17) is 38.0 Å². The number of hydrogen-bond donors (Lipinski definition) is 5. The molecule has 2 fully saturated rings. The summed E-state index contributed by atoms with van der Waals surface area (Å²) in [6.45, 7) is 1.65. The molecule has 2 aliphatic rings. The maximum Gasteiger partial charge on any atom is 0.350 e. The minimum absolute atomic E-state index is 0.0452. The van der Waals surface area contributed by atoms with Crippen molar-refractivity contribution in [3.63, 3.8) is 0 Å². The van der Waals surface area contributed by atoms with Gasteiger partial charge in [0.25, 0.3) is 5.60 Å². The van der Waals surface area contributed by atoms with Gasteiger partial charge in [-0.05, 0) is 42.6 Å². The molecule has 5 atom stereocenters. The smallest absolute Gasteiger partial charge is 0.350 e. The molecule has 0 bridgehead atoms. The first-order valence-electron chi connectivity index (χ1n) is 13.8. The molecule has 1 aromatic carbocycles. The highest BCUT2D eigenvalue weighted by atomic mass is 35.5. The number of aromatic nitrogens is 4. The molecule has 0 aliphatic carbocycles. The maximum atomic E-state index is 13.2. The minimum Gasteiger partial charge on any atom is -0.479 e. The number of esters is 1. The van der Waals surface area contributed by atoms with E-state index < -0.39 is 54.6 Å². The molecule has 3 aromatic rings. The Kier molecular flexibility index (Phi) is 8.83. The summed E-state index contributed by atoms with van der Waals surface area (Å²) in [5.74, 6) is -0.837. The lowest BCUT2D eigenvalue weighted by Crippen LogP contribution is -2.55. The van der Waals surface area contributed by atoms with Crippen LogP contribution in [0.5, 0.6) is 0 Å². The number of benzene rings is 1. The number of amides is 2. The molecule has 0 saturated carbocycles. The van der Waals surface area contributed by atoms with Crippen LogP contribution < -0.4 is 16.0 Å². The number of aliphatic hydroxyl groups excluding tert-OH is 1. The fraction of sp³-hybridized carbons (Fsp3) is 0.429. The third-order valence-corrected chi connectivity index (χ3v) is 7.82. The molecule has 2 saturated heterocycles. The number of nitrogen functional groups attached to an aromatic ring is 1. The van der Waals surface area contributed by atoms with Crippen molar-refractivity contribution >= 4 is 52.2 Å². The zero-order chi connectivity index (χ0) is 32.5. The molecule has 0 spiro atoms. The van der Waals surface area contributed by atoms with Crippen LogP contribution in [0.25, 0.3) is 11.2 Å². The van der Waals surface area contributed by atoms with E-state index in [0.717, 1.165) is 6.42 Å². The van der Waals surface area contributed by atoms with Gasteiger partial charge in [-0.3, -0.25) is 9.47 Å². The van der Waals surface area contributed by atoms with Crippen LogP contribution in [-0.4, -0.2) is 103 Å². The fourth-order valence-electron chi connectivity index (χ4n) is 5.24. The Bertz CT molecular complexity index is 1660. The van der Waals surface area contributed by atoms with Crippen molar-refractivity contribution in [3.05, 3.63) is 41.4 Å². The number of hydrogen-bond acceptors (Lipinski definition) is 12. The molecule has 17 heteroatoms. The number of nitrogens with one attached hydrogen (secondary N) is 1. The Morgan fingerprint density at radius 2 is 2.07 bits per heavy atom. The SMILES string of the molecule is C#C[C@@]1(O)[C@@H](CO[C@](Cc2ccc(N3CCCNC3=O)cc2)(C(=O)O)C(=O)OCC)O[C@@H](n2cnc3c(N)nc(Cl)nc32)[C@@H]1O. The molecule has 238 valence electrons. The largest absolute Gasteiger partial charge is 0.479 e. The van der Waals surface area contributed by atoms with Gasteiger partial charge < -0.3 is 40.6 Å². The standard InChI is InChI=1S/C28H30ClN7O9/c1-3-27(42)17(45-22(19(27)37)36-14-32-18-20(30)33-25(29)34-21(18)36)13-44-28(23(38)39,24(40)43-4-2)12-15-6-8-16(9-7-15)35-11-5-10-31-26(35)41/h1,6-9,14,17,19,22,37,42H,4-5,10-13H2,2H3,(H,31,41)(H,38,39)(H2,30,33,34)/t17-,19+,22-,27-,28-/m1/s1. The van der Waals surface area contributed by atoms with Gasteiger partial charge in [-0.25, -0.2) is 19.4 Å². The topological polar surface area (TPSA) is 224 Å². The number of carbonyl (C=O) groups is 3. The molecule has 5 rings (SSSR count). The number of imidazole rings is 1. The molecule has 16 nitrogen and oxygen atoms in total. The first-order chi connectivity index (χ1) is 21.4. The number of nitrogens with two attached hydrogens (primary N) is 1. The Morgan fingerprint density at radius 1 is 1.33 bits per heavy atom. The molecule has 45 heavy (non-hydrogen) atoms. The number of urea groups is 1. The van der Waals surface area contributed by atoms with Crippen LogP contribution in [0.1, 0.15) is 25.1 Å². The first-order valence-corrected chi connectivity index (χ1v) is 14.2. The number of carboxylic acid groups (broad SMARTS) is 1. The van der Waals surface area contributed by atoms with Crippen molar-refractivity contribution in [2.75, 3.05) is 36.9 Å². The predicted octanol–water partition coefficient (Wildman–Crippen LogP) is 0.250. The van der Waals surface area contributed by atoms with Crippen molar-refractivity contribution in [2.45, 2.75) is 49.4 Å². The molecule has 2 aliphatic heterocycles. The first kappa shape index (κ1) is 31.9. The van der Waals surface area contributed by atoms with Crippen LogP contribution in [0.15, 0.2) is 30.6 Å². The number of aliphatic carboxylic acids is 1. The summed E-state index contributed by atoms with van der Waals surface area (Å²) in [5.41, 5.74) is 1.98. The second kappa shape index (κ2) is 12.5. The number of carbonyl (C=O) groups excluding carboxylic acids is 2. The number of ether oxygens (including phenoxy) is 3. The average molecular weight is 644 g/mol. The molecular weight excluding hydrogens is 614 g/mol. The van der Waals surface area contributed by atoms with Gasteiger partial charge in [0.1, 0.15) is 17.7 Å². The molecule has 2 amide bonds. The number of rotatable bonds is 10. The Balaban J connectivity index is 1.42. The van der Waals surface area contributed by atoms with E-state index in [9.17, 15) is 29.7 Å². The summed E-state index contributed by atoms with van der Waals surface area (Å²) in [7, 11) is 0. The minimum atomic E-state index is -2.61. The van der Waals surface area contributed by atoms with Gasteiger partial charge in [0.2, 0.25) is 5.28 Å². The molecule has 6 N–H and O–H groups in total. The average Bonchev–Trinajstić information content (AvgIpc) is 3.54. The second-order valence-electron chi connectivity index (χ2n) is 10.4. The summed E-state index contributed by atoms with van der Waals surface area (Å²) in [6.07, 6.45) is 2.33. The van der Waals surface area contributed by atoms with Crippen molar-refractivity contribution in [1.82, 2.24) is 24.8 Å². The highest BCUT2D eigenvalue weighted by Gasteiger charge is 2.58. The third-order valence-electron chi connectivity index (χ3n) is 7.65. The molecule has 0 unspecified atom stereocenters. The highest BCUT2D eigenvalue weighted by Crippen LogP contribution is 2.39. The van der Waals surface area contributed by atoms with Crippen LogP contribution in [0.3, 0.4) is 0 Å². The number of nitrogens with zero attached hydrogens (tertiary/aromatic N) is 5. The van der Waals surface area contributed by atoms with Crippen molar-refractivity contribution < 1.29 is 43.9 Å². The number of fused-ring (bicyclic) bond motifs is 1. The van der Waals surface area contributed by atoms with Crippen molar-refractivity contribution in [1.29, 1.82) is 0 Å². The summed E-state index contributed by atoms with van der Waals surface area (Å²) >= 11 is 5.95. The lowest BCUT2D eigenvalue weighted by molar-refractivity contribution is -0.194. The van der Waals surface area contributed by atoms with E-state index >= 15 is 0 Å². The van der Waals surface area contributed by atoms with Crippen LogP contribution in [0, 0.1) is 12.3 Å². The number of anilines is 2. The van der Waals surface area contributed by atoms with E-state index in [1.807, 2.05) is 0 Å². The predicted molar refractivity (Wildman–Crippen MR) is 157 cm³/mol. The molecular formula is C28H30ClN7O9. The van der Waals surface area contributed by atoms with Gasteiger partial charge >= 0.3 is 18.0 Å². The lowest BCUT2D eigenvalue weighted by atomic mass is 9.91. The Morgan fingerprint density at radius 3 is 2.71 bits per heavy atom. The zero-order valence-corrected chi connectivity index (χ0v) is 24.7. The molecule has 4 heterocycles. The Labute approximate surface area is 261 Å². The fourth-order valence-corrected chi connectivity index (χ4v) is 5.41. The Hall–Kier alpha value is -4.53. The quantitative estimate of drug-likeness (QED) is 0.0865. The van der Waals surface area contributed by atoms with Gasteiger partial charge in [-0.2, -0.15) is 9.97 Å². The van der Waals surface area contributed by atoms with Crippen LogP contribution >= 0.6 is 11.6 Å². The monoisotopic (exact) mass is 643 g/mol. The molecule has 0 radical (unpaired) electrons. The van der Waals surface area contributed by atoms with E-state index in [1.54, 1.807) is 24.3 Å². The zero-order valence-electron chi connectivity index (χ0n) is 23.9. The normalized spacial score (nSPS) is 24.6. The third kappa shape index (κ3) is 5.72. The van der Waals surface area contributed by atoms with Gasteiger partial charge in [0, 0.05) is 25.2 Å². The summed E-state index contributed by atoms with van der Waals surface area (Å²) in [6, 6.07) is 6.10. The van der Waals surface area contributed by atoms with Gasteiger partial charge in [0.05, 0.1) is 19.5 Å². The maximum absolute atomic E-state index is 13.2. The van der Waals surface area contributed by atoms with Gasteiger partial charge in [0.15, 0.2) is 23.3 Å². The molecule has 2 aromatic heterocycles. The van der Waals surface area contributed by atoms with Crippen molar-refractivity contribution in [3.8, 4) is 12.3 Å². The number of terminal acetylenes is 1. The van der Waals surface area contributed by atoms with E-state index in [2.05, 4.69) is 26.2 Å². The van der Waals surface area contributed by atoms with Crippen molar-refractivity contribution in [2.24, 2.45) is 0 Å². The van der Waals surface area contributed by atoms with Crippen LogP contribution in [-0.2, 0) is 30.2 Å². The van der Waals surface area contributed by atoms with Gasteiger partial charge in [-0.15, -0.1) is 6.42 Å². The summed E-state index contributed by atoms with van der Waals surface area (Å²) < 4.78 is 18.0. The lowest BCUT2D eigenvalue weighted by Gasteiger charge is -2.31. The highest BCUT2D eigenvalue weighted by molar-refractivity contribution is 6.28. The van der Waals surface area contributed by atoms with Crippen LogP contribution in [0.2, 0.25) is 5.28 Å². The number of carboxylic acids is 1. The second-order valence-corrected chi connectivity index (χ2v) is 10.7. The van der Waals surface area contributed by atoms with E-state index in [0.29, 0.717) is 24.3 Å². The summed E-state index contributed by atoms with van der Waals surface area (Å²) in [4.78, 5) is 51.7. The van der Waals surface area contributed by atoms with E-state index in [1.165, 1.54) is 22.7 Å². The number of halogens is 1. The van der Waals surface area contributed by atoms with E-state index in [-0.39, 0.29) is 34.9 Å².